The number of methoxy groups -OCH3 is 1. The van der Waals surface area contributed by atoms with Crippen LogP contribution in [0.4, 0.5) is 5.82 Å². The number of rotatable bonds is 6. The van der Waals surface area contributed by atoms with Gasteiger partial charge in [-0.3, -0.25) is 9.48 Å². The van der Waals surface area contributed by atoms with E-state index in [-0.39, 0.29) is 18.5 Å². The Balaban J connectivity index is 1.43. The standard InChI is InChI=1S/C25H30N6O2/c1-18-20-9-5-13-29(16-19-8-3-4-11-22(19)33-2)25(20)28-24(27-18)21-10-6-15-31(21)23(32)17-30-14-7-12-26-30/h3-4,7-8,11-12,14,21H,5-6,9-10,13,15-17H2,1-2H3/t21-/m0/s1. The molecule has 0 aliphatic carbocycles. The second-order valence-electron chi connectivity index (χ2n) is 8.76. The van der Waals surface area contributed by atoms with Gasteiger partial charge in [0.15, 0.2) is 5.82 Å². The van der Waals surface area contributed by atoms with Crippen LogP contribution in [0.15, 0.2) is 42.7 Å². The fraction of sp³-hybridized carbons (Fsp3) is 0.440. The molecule has 33 heavy (non-hydrogen) atoms. The van der Waals surface area contributed by atoms with Gasteiger partial charge in [0.2, 0.25) is 5.91 Å². The van der Waals surface area contributed by atoms with Gasteiger partial charge in [-0.1, -0.05) is 18.2 Å². The fourth-order valence-electron chi connectivity index (χ4n) is 5.01. The predicted molar refractivity (Wildman–Crippen MR) is 125 cm³/mol. The molecule has 0 radical (unpaired) electrons. The summed E-state index contributed by atoms with van der Waals surface area (Å²) in [5.74, 6) is 2.71. The lowest BCUT2D eigenvalue weighted by molar-refractivity contribution is -0.133. The Morgan fingerprint density at radius 3 is 2.85 bits per heavy atom. The van der Waals surface area contributed by atoms with Crippen LogP contribution >= 0.6 is 0 Å². The SMILES string of the molecule is COc1ccccc1CN1CCCc2c(C)nc([C@@H]3CCCN3C(=O)Cn3cccn3)nc21. The number of aryl methyl sites for hydroxylation is 1. The number of para-hydroxylation sites is 1. The van der Waals surface area contributed by atoms with E-state index in [1.807, 2.05) is 35.4 Å². The minimum absolute atomic E-state index is 0.0612. The van der Waals surface area contributed by atoms with Gasteiger partial charge < -0.3 is 14.5 Å². The van der Waals surface area contributed by atoms with E-state index >= 15 is 0 Å². The van der Waals surface area contributed by atoms with Crippen LogP contribution in [-0.2, 0) is 24.3 Å². The number of fused-ring (bicyclic) bond motifs is 1. The van der Waals surface area contributed by atoms with Crippen LogP contribution < -0.4 is 9.64 Å². The summed E-state index contributed by atoms with van der Waals surface area (Å²) in [5.41, 5.74) is 3.38. The van der Waals surface area contributed by atoms with Gasteiger partial charge in [-0.2, -0.15) is 5.10 Å². The third-order valence-corrected chi connectivity index (χ3v) is 6.65. The number of hydrogen-bond donors (Lipinski definition) is 0. The molecule has 172 valence electrons. The Morgan fingerprint density at radius 2 is 2.03 bits per heavy atom. The number of ether oxygens (including phenoxy) is 1. The Morgan fingerprint density at radius 1 is 1.15 bits per heavy atom. The molecule has 0 spiro atoms. The van der Waals surface area contributed by atoms with E-state index in [0.717, 1.165) is 74.0 Å². The molecule has 1 fully saturated rings. The molecular formula is C25H30N6O2. The van der Waals surface area contributed by atoms with Crippen molar-refractivity contribution in [1.29, 1.82) is 0 Å². The minimum atomic E-state index is -0.0906. The van der Waals surface area contributed by atoms with E-state index < -0.39 is 0 Å². The maximum atomic E-state index is 13.0. The average Bonchev–Trinajstić information content (AvgIpc) is 3.52. The Kier molecular flexibility index (Phi) is 5.98. The predicted octanol–water partition coefficient (Wildman–Crippen LogP) is 3.31. The maximum absolute atomic E-state index is 13.0. The molecule has 0 saturated carbocycles. The van der Waals surface area contributed by atoms with Crippen LogP contribution in [0.5, 0.6) is 5.75 Å². The number of anilines is 1. The highest BCUT2D eigenvalue weighted by molar-refractivity contribution is 5.76. The van der Waals surface area contributed by atoms with E-state index in [4.69, 9.17) is 14.7 Å². The van der Waals surface area contributed by atoms with Gasteiger partial charge in [0.05, 0.1) is 13.2 Å². The normalized spacial score (nSPS) is 17.8. The monoisotopic (exact) mass is 446 g/mol. The van der Waals surface area contributed by atoms with Gasteiger partial charge in [-0.25, -0.2) is 9.97 Å². The lowest BCUT2D eigenvalue weighted by Gasteiger charge is -2.33. The zero-order chi connectivity index (χ0) is 22.8. The first-order valence-corrected chi connectivity index (χ1v) is 11.6. The number of nitrogens with zero attached hydrogens (tertiary/aromatic N) is 6. The highest BCUT2D eigenvalue weighted by Crippen LogP contribution is 2.35. The summed E-state index contributed by atoms with van der Waals surface area (Å²) in [6.07, 6.45) is 7.41. The van der Waals surface area contributed by atoms with Crippen molar-refractivity contribution in [1.82, 2.24) is 24.6 Å². The summed E-state index contributed by atoms with van der Waals surface area (Å²) >= 11 is 0. The van der Waals surface area contributed by atoms with Crippen molar-refractivity contribution in [2.75, 3.05) is 25.1 Å². The molecule has 8 nitrogen and oxygen atoms in total. The van der Waals surface area contributed by atoms with Gasteiger partial charge in [0.1, 0.15) is 18.1 Å². The lowest BCUT2D eigenvalue weighted by atomic mass is 10.0. The molecule has 0 N–H and O–H groups in total. The molecule has 0 bridgehead atoms. The number of aromatic nitrogens is 4. The molecule has 4 heterocycles. The molecule has 1 aromatic carbocycles. The van der Waals surface area contributed by atoms with Crippen LogP contribution in [0.2, 0.25) is 0 Å². The highest BCUT2D eigenvalue weighted by atomic mass is 16.5. The van der Waals surface area contributed by atoms with E-state index in [9.17, 15) is 4.79 Å². The number of benzene rings is 1. The quantitative estimate of drug-likeness (QED) is 0.578. The fourth-order valence-corrected chi connectivity index (χ4v) is 5.01. The molecule has 3 aromatic rings. The van der Waals surface area contributed by atoms with Crippen LogP contribution in [0.1, 0.15) is 47.9 Å². The molecule has 2 aliphatic rings. The van der Waals surface area contributed by atoms with Crippen molar-refractivity contribution in [3.63, 3.8) is 0 Å². The Labute approximate surface area is 194 Å². The van der Waals surface area contributed by atoms with Crippen LogP contribution in [0.3, 0.4) is 0 Å². The van der Waals surface area contributed by atoms with Crippen molar-refractivity contribution >= 4 is 11.7 Å². The van der Waals surface area contributed by atoms with Crippen molar-refractivity contribution in [2.24, 2.45) is 0 Å². The van der Waals surface area contributed by atoms with Crippen LogP contribution in [-0.4, -0.2) is 50.8 Å². The topological polar surface area (TPSA) is 76.4 Å². The first-order valence-electron chi connectivity index (χ1n) is 11.6. The van der Waals surface area contributed by atoms with E-state index in [1.54, 1.807) is 18.0 Å². The van der Waals surface area contributed by atoms with Crippen LogP contribution in [0.25, 0.3) is 0 Å². The molecule has 5 rings (SSSR count). The highest BCUT2D eigenvalue weighted by Gasteiger charge is 2.34. The molecule has 8 heteroatoms. The van der Waals surface area contributed by atoms with Gasteiger partial charge >= 0.3 is 0 Å². The van der Waals surface area contributed by atoms with Gasteiger partial charge in [0.25, 0.3) is 0 Å². The van der Waals surface area contributed by atoms with Crippen molar-refractivity contribution in [2.45, 2.75) is 51.7 Å². The summed E-state index contributed by atoms with van der Waals surface area (Å²) < 4.78 is 7.25. The Hall–Kier alpha value is -3.42. The van der Waals surface area contributed by atoms with E-state index in [2.05, 4.69) is 23.0 Å². The van der Waals surface area contributed by atoms with Crippen molar-refractivity contribution in [3.05, 3.63) is 65.4 Å². The number of carbonyl (C=O) groups excluding carboxylic acids is 1. The molecular weight excluding hydrogens is 416 g/mol. The maximum Gasteiger partial charge on any atom is 0.244 e. The van der Waals surface area contributed by atoms with Gasteiger partial charge in [-0.05, 0) is 44.7 Å². The number of amides is 1. The second-order valence-corrected chi connectivity index (χ2v) is 8.76. The molecule has 2 aromatic heterocycles. The summed E-state index contributed by atoms with van der Waals surface area (Å²) in [6.45, 7) is 4.72. The first-order chi connectivity index (χ1) is 16.1. The second kappa shape index (κ2) is 9.21. The number of hydrogen-bond acceptors (Lipinski definition) is 6. The van der Waals surface area contributed by atoms with Crippen molar-refractivity contribution in [3.8, 4) is 5.75 Å². The number of likely N-dealkylation sites (tertiary alicyclic amines) is 1. The third-order valence-electron chi connectivity index (χ3n) is 6.65. The van der Waals surface area contributed by atoms with Gasteiger partial charge in [0, 0.05) is 48.8 Å². The smallest absolute Gasteiger partial charge is 0.244 e. The third kappa shape index (κ3) is 4.29. The summed E-state index contributed by atoms with van der Waals surface area (Å²) in [5, 5.41) is 4.18. The van der Waals surface area contributed by atoms with E-state index in [0.29, 0.717) is 0 Å². The van der Waals surface area contributed by atoms with Crippen molar-refractivity contribution < 1.29 is 9.53 Å². The van der Waals surface area contributed by atoms with Gasteiger partial charge in [-0.15, -0.1) is 0 Å². The molecule has 1 amide bonds. The summed E-state index contributed by atoms with van der Waals surface area (Å²) in [4.78, 5) is 27.3. The first kappa shape index (κ1) is 21.4. The minimum Gasteiger partial charge on any atom is -0.496 e. The molecule has 1 saturated heterocycles. The number of carbonyl (C=O) groups is 1. The largest absolute Gasteiger partial charge is 0.496 e. The molecule has 2 aliphatic heterocycles. The molecule has 1 atom stereocenters. The van der Waals surface area contributed by atoms with E-state index in [1.165, 1.54) is 5.56 Å². The summed E-state index contributed by atoms with van der Waals surface area (Å²) in [7, 11) is 1.71. The Bertz CT molecular complexity index is 1130. The molecule has 0 unspecified atom stereocenters. The summed E-state index contributed by atoms with van der Waals surface area (Å²) in [6, 6.07) is 9.88. The van der Waals surface area contributed by atoms with Crippen LogP contribution in [0, 0.1) is 6.92 Å². The lowest BCUT2D eigenvalue weighted by Crippen LogP contribution is -2.36. The zero-order valence-electron chi connectivity index (χ0n) is 19.3. The zero-order valence-corrected chi connectivity index (χ0v) is 19.3. The average molecular weight is 447 g/mol.